The summed E-state index contributed by atoms with van der Waals surface area (Å²) >= 11 is 0. The van der Waals surface area contributed by atoms with Gasteiger partial charge in [0, 0.05) is 13.1 Å². The summed E-state index contributed by atoms with van der Waals surface area (Å²) in [5.74, 6) is 0. The molecule has 2 aliphatic heterocycles. The van der Waals surface area contributed by atoms with E-state index in [4.69, 9.17) is 8.92 Å². The number of hydrogen-bond donors (Lipinski definition) is 0. The molecule has 0 N–H and O–H groups in total. The van der Waals surface area contributed by atoms with Gasteiger partial charge in [0.05, 0.1) is 12.6 Å². The van der Waals surface area contributed by atoms with E-state index in [9.17, 15) is 13.2 Å². The van der Waals surface area contributed by atoms with Gasteiger partial charge in [0.25, 0.3) is 0 Å². The third kappa shape index (κ3) is 3.55. The molecule has 7 nitrogen and oxygen atoms in total. The quantitative estimate of drug-likeness (QED) is 0.809. The molecule has 1 aromatic carbocycles. The molecular weight excluding hydrogens is 332 g/mol. The van der Waals surface area contributed by atoms with Crippen LogP contribution in [-0.4, -0.2) is 54.6 Å². The van der Waals surface area contributed by atoms with E-state index < -0.39 is 28.1 Å². The number of likely N-dealkylation sites (tertiary alicyclic amines) is 1. The lowest BCUT2D eigenvalue weighted by atomic mass is 10.2. The van der Waals surface area contributed by atoms with Crippen LogP contribution in [0.15, 0.2) is 30.3 Å². The molecule has 3 rings (SSSR count). The molecule has 8 heteroatoms. The highest BCUT2D eigenvalue weighted by Gasteiger charge is 2.52. The fourth-order valence-corrected chi connectivity index (χ4v) is 4.39. The van der Waals surface area contributed by atoms with Gasteiger partial charge in [-0.3, -0.25) is 4.18 Å². The van der Waals surface area contributed by atoms with Crippen molar-refractivity contribution in [2.24, 2.45) is 0 Å². The molecule has 0 aliphatic carbocycles. The van der Waals surface area contributed by atoms with Crippen molar-refractivity contribution in [3.63, 3.8) is 0 Å². The Hall–Kier alpha value is -1.64. The molecule has 0 radical (unpaired) electrons. The van der Waals surface area contributed by atoms with Crippen LogP contribution in [0.2, 0.25) is 0 Å². The predicted octanol–water partition coefficient (Wildman–Crippen LogP) is 1.75. The van der Waals surface area contributed by atoms with Crippen LogP contribution in [0.4, 0.5) is 4.79 Å². The third-order valence-corrected chi connectivity index (χ3v) is 5.44. The van der Waals surface area contributed by atoms with Crippen LogP contribution in [0.5, 0.6) is 0 Å². The van der Waals surface area contributed by atoms with E-state index in [-0.39, 0.29) is 25.7 Å². The molecule has 2 atom stereocenters. The number of amides is 1. The standard InChI is InChI=1S/C16H22N2O5S/c1-16(2,3)22-15(19)17-10-13-14(11-17)23-24(20,21)18(13)9-12-7-5-4-6-8-12/h4-8,13-14H,9-11H2,1-3H3. The van der Waals surface area contributed by atoms with Crippen LogP contribution in [0, 0.1) is 0 Å². The zero-order valence-electron chi connectivity index (χ0n) is 14.0. The van der Waals surface area contributed by atoms with E-state index in [0.717, 1.165) is 5.56 Å². The monoisotopic (exact) mass is 354 g/mol. The van der Waals surface area contributed by atoms with Crippen LogP contribution in [0.3, 0.4) is 0 Å². The average molecular weight is 354 g/mol. The first kappa shape index (κ1) is 17.2. The van der Waals surface area contributed by atoms with E-state index in [1.54, 1.807) is 20.8 Å². The highest BCUT2D eigenvalue weighted by atomic mass is 32.2. The Morgan fingerprint density at radius 1 is 1.25 bits per heavy atom. The second-order valence-corrected chi connectivity index (χ2v) is 8.59. The van der Waals surface area contributed by atoms with Gasteiger partial charge in [0.2, 0.25) is 0 Å². The molecule has 2 heterocycles. The Bertz CT molecular complexity index is 714. The second kappa shape index (κ2) is 6.02. The highest BCUT2D eigenvalue weighted by molar-refractivity contribution is 7.84. The van der Waals surface area contributed by atoms with E-state index in [1.165, 1.54) is 9.21 Å². The Labute approximate surface area is 142 Å². The number of hydrogen-bond acceptors (Lipinski definition) is 5. The molecular formula is C16H22N2O5S. The van der Waals surface area contributed by atoms with Crippen molar-refractivity contribution in [1.29, 1.82) is 0 Å². The molecule has 0 aromatic heterocycles. The Kier molecular flexibility index (Phi) is 4.31. The van der Waals surface area contributed by atoms with Crippen LogP contribution in [0.25, 0.3) is 0 Å². The lowest BCUT2D eigenvalue weighted by Crippen LogP contribution is -2.40. The minimum absolute atomic E-state index is 0.212. The predicted molar refractivity (Wildman–Crippen MR) is 87.4 cm³/mol. The van der Waals surface area contributed by atoms with E-state index >= 15 is 0 Å². The first-order valence-electron chi connectivity index (χ1n) is 7.88. The molecule has 2 fully saturated rings. The van der Waals surface area contributed by atoms with E-state index in [2.05, 4.69) is 0 Å². The van der Waals surface area contributed by atoms with Crippen molar-refractivity contribution in [3.8, 4) is 0 Å². The van der Waals surface area contributed by atoms with Crippen LogP contribution in [0.1, 0.15) is 26.3 Å². The second-order valence-electron chi connectivity index (χ2n) is 7.08. The maximum absolute atomic E-state index is 12.3. The smallest absolute Gasteiger partial charge is 0.410 e. The average Bonchev–Trinajstić information content (AvgIpc) is 2.95. The summed E-state index contributed by atoms with van der Waals surface area (Å²) in [6, 6.07) is 8.94. The third-order valence-electron chi connectivity index (χ3n) is 3.97. The van der Waals surface area contributed by atoms with E-state index in [0.29, 0.717) is 0 Å². The fraction of sp³-hybridized carbons (Fsp3) is 0.562. The number of carbonyl (C=O) groups is 1. The minimum atomic E-state index is -3.77. The summed E-state index contributed by atoms with van der Waals surface area (Å²) in [6.07, 6.45) is -0.996. The fourth-order valence-electron chi connectivity index (χ4n) is 2.94. The van der Waals surface area contributed by atoms with Gasteiger partial charge in [0.1, 0.15) is 11.7 Å². The Morgan fingerprint density at radius 2 is 1.92 bits per heavy atom. The maximum atomic E-state index is 12.3. The largest absolute Gasteiger partial charge is 0.444 e. The van der Waals surface area contributed by atoms with Crippen molar-refractivity contribution >= 4 is 16.4 Å². The lowest BCUT2D eigenvalue weighted by molar-refractivity contribution is 0.0269. The molecule has 2 aliphatic rings. The van der Waals surface area contributed by atoms with Crippen molar-refractivity contribution in [3.05, 3.63) is 35.9 Å². The van der Waals surface area contributed by atoms with Gasteiger partial charge in [-0.1, -0.05) is 30.3 Å². The molecule has 2 unspecified atom stereocenters. The summed E-state index contributed by atoms with van der Waals surface area (Å²) < 4.78 is 36.4. The van der Waals surface area contributed by atoms with Gasteiger partial charge in [-0.05, 0) is 26.3 Å². The summed E-state index contributed by atoms with van der Waals surface area (Å²) in [5, 5.41) is 0. The number of benzene rings is 1. The molecule has 0 bridgehead atoms. The van der Waals surface area contributed by atoms with Crippen molar-refractivity contribution < 1.29 is 22.1 Å². The van der Waals surface area contributed by atoms with Crippen molar-refractivity contribution in [2.75, 3.05) is 13.1 Å². The first-order valence-corrected chi connectivity index (χ1v) is 9.24. The first-order chi connectivity index (χ1) is 11.2. The molecule has 24 heavy (non-hydrogen) atoms. The van der Waals surface area contributed by atoms with Gasteiger partial charge in [-0.2, -0.15) is 12.7 Å². The lowest BCUT2D eigenvalue weighted by Gasteiger charge is -2.26. The number of nitrogens with zero attached hydrogens (tertiary/aromatic N) is 2. The van der Waals surface area contributed by atoms with Crippen molar-refractivity contribution in [1.82, 2.24) is 9.21 Å². The zero-order valence-corrected chi connectivity index (χ0v) is 14.8. The van der Waals surface area contributed by atoms with Gasteiger partial charge >= 0.3 is 16.4 Å². The number of carbonyl (C=O) groups excluding carboxylic acids is 1. The van der Waals surface area contributed by atoms with Crippen LogP contribution in [-0.2, 0) is 25.8 Å². The summed E-state index contributed by atoms with van der Waals surface area (Å²) in [6.45, 7) is 6.10. The van der Waals surface area contributed by atoms with Crippen molar-refractivity contribution in [2.45, 2.75) is 45.1 Å². The number of ether oxygens (including phenoxy) is 1. The SMILES string of the molecule is CC(C)(C)OC(=O)N1CC2OS(=O)(=O)N(Cc3ccccc3)C2C1. The minimum Gasteiger partial charge on any atom is -0.444 e. The summed E-state index contributed by atoms with van der Waals surface area (Å²) in [5.41, 5.74) is 0.284. The summed E-state index contributed by atoms with van der Waals surface area (Å²) in [7, 11) is -3.77. The topological polar surface area (TPSA) is 76.1 Å². The van der Waals surface area contributed by atoms with Gasteiger partial charge in [0.15, 0.2) is 0 Å². The normalized spacial score (nSPS) is 26.4. The zero-order chi connectivity index (χ0) is 17.5. The maximum Gasteiger partial charge on any atom is 0.410 e. The Morgan fingerprint density at radius 3 is 2.54 bits per heavy atom. The van der Waals surface area contributed by atoms with E-state index in [1.807, 2.05) is 30.3 Å². The Balaban J connectivity index is 1.73. The number of fused-ring (bicyclic) bond motifs is 1. The highest BCUT2D eigenvalue weighted by Crippen LogP contribution is 2.33. The van der Waals surface area contributed by atoms with Crippen LogP contribution < -0.4 is 0 Å². The van der Waals surface area contributed by atoms with Gasteiger partial charge in [-0.25, -0.2) is 4.79 Å². The molecule has 0 spiro atoms. The number of rotatable bonds is 2. The molecule has 1 amide bonds. The summed E-state index contributed by atoms with van der Waals surface area (Å²) in [4.78, 5) is 13.7. The molecule has 0 saturated carbocycles. The molecule has 1 aromatic rings. The van der Waals surface area contributed by atoms with Gasteiger partial charge < -0.3 is 9.64 Å². The van der Waals surface area contributed by atoms with Gasteiger partial charge in [-0.15, -0.1) is 0 Å². The molecule has 2 saturated heterocycles. The van der Waals surface area contributed by atoms with Crippen LogP contribution >= 0.6 is 0 Å². The molecule has 132 valence electrons.